The molecule has 1 unspecified atom stereocenters. The fourth-order valence-corrected chi connectivity index (χ4v) is 2.99. The van der Waals surface area contributed by atoms with Crippen LogP contribution in [0, 0.1) is 0 Å². The topological polar surface area (TPSA) is 82.4 Å². The molecule has 1 aromatic carbocycles. The third-order valence-corrected chi connectivity index (χ3v) is 4.27. The predicted molar refractivity (Wildman–Crippen MR) is 96.9 cm³/mol. The fourth-order valence-electron chi connectivity index (χ4n) is 2.99. The number of amides is 2. The molecule has 1 atom stereocenters. The molecule has 2 amide bonds. The predicted octanol–water partition coefficient (Wildman–Crippen LogP) is 1.84. The van der Waals surface area contributed by atoms with Crippen molar-refractivity contribution < 1.29 is 9.90 Å². The van der Waals surface area contributed by atoms with Gasteiger partial charge in [0.25, 0.3) is 0 Å². The number of urea groups is 1. The molecule has 2 heterocycles. The van der Waals surface area contributed by atoms with Gasteiger partial charge in [0.05, 0.1) is 11.8 Å². The Balaban J connectivity index is 1.42. The van der Waals surface area contributed by atoms with Crippen LogP contribution in [0.1, 0.15) is 19.3 Å². The van der Waals surface area contributed by atoms with Crippen molar-refractivity contribution >= 4 is 11.8 Å². The monoisotopic (exact) mass is 343 g/mol. The average Bonchev–Trinajstić information content (AvgIpc) is 3.10. The maximum atomic E-state index is 12.0. The minimum absolute atomic E-state index is 0.224. The van der Waals surface area contributed by atoms with Crippen molar-refractivity contribution in [1.82, 2.24) is 20.0 Å². The highest BCUT2D eigenvalue weighted by Crippen LogP contribution is 2.10. The van der Waals surface area contributed by atoms with E-state index < -0.39 is 6.10 Å². The number of nitrogens with zero attached hydrogens (tertiary/aromatic N) is 3. The maximum absolute atomic E-state index is 12.0. The van der Waals surface area contributed by atoms with E-state index in [2.05, 4.69) is 20.6 Å². The highest BCUT2D eigenvalue weighted by Gasteiger charge is 2.15. The number of nitrogens with one attached hydrogen (secondary N) is 2. The van der Waals surface area contributed by atoms with Crippen molar-refractivity contribution in [3.05, 3.63) is 42.6 Å². The molecule has 2 aromatic rings. The molecule has 1 aliphatic heterocycles. The Morgan fingerprint density at radius 2 is 1.92 bits per heavy atom. The SMILES string of the molecule is O=C(NCC(O)CN1CCCCC1)Nc1ccn(-c2ccccc2)n1. The summed E-state index contributed by atoms with van der Waals surface area (Å²) in [5.41, 5.74) is 0.924. The number of para-hydroxylation sites is 1. The summed E-state index contributed by atoms with van der Waals surface area (Å²) in [6, 6.07) is 11.0. The summed E-state index contributed by atoms with van der Waals surface area (Å²) in [5.74, 6) is 0.465. The molecule has 0 aliphatic carbocycles. The largest absolute Gasteiger partial charge is 0.390 e. The van der Waals surface area contributed by atoms with Gasteiger partial charge in [-0.1, -0.05) is 24.6 Å². The van der Waals surface area contributed by atoms with Crippen LogP contribution >= 0.6 is 0 Å². The van der Waals surface area contributed by atoms with Gasteiger partial charge >= 0.3 is 6.03 Å². The van der Waals surface area contributed by atoms with Gasteiger partial charge in [-0.25, -0.2) is 9.48 Å². The van der Waals surface area contributed by atoms with Crippen LogP contribution in [-0.4, -0.2) is 58.1 Å². The lowest BCUT2D eigenvalue weighted by Crippen LogP contribution is -2.43. The highest BCUT2D eigenvalue weighted by atomic mass is 16.3. The van der Waals surface area contributed by atoms with Crippen molar-refractivity contribution in [2.45, 2.75) is 25.4 Å². The molecule has 1 aliphatic rings. The molecular formula is C18H25N5O2. The molecule has 1 aromatic heterocycles. The number of hydrogen-bond acceptors (Lipinski definition) is 4. The van der Waals surface area contributed by atoms with Gasteiger partial charge < -0.3 is 15.3 Å². The van der Waals surface area contributed by atoms with E-state index in [1.807, 2.05) is 30.3 Å². The minimum Gasteiger partial charge on any atom is -0.390 e. The Labute approximate surface area is 147 Å². The first-order valence-electron chi connectivity index (χ1n) is 8.77. The molecule has 0 bridgehead atoms. The molecule has 0 saturated carbocycles. The Morgan fingerprint density at radius 3 is 2.68 bits per heavy atom. The molecule has 7 nitrogen and oxygen atoms in total. The number of aromatic nitrogens is 2. The second-order valence-corrected chi connectivity index (χ2v) is 6.33. The zero-order chi connectivity index (χ0) is 17.5. The van der Waals surface area contributed by atoms with Gasteiger partial charge in [-0.2, -0.15) is 0 Å². The van der Waals surface area contributed by atoms with Gasteiger partial charge in [0.1, 0.15) is 0 Å². The number of β-amino-alcohol motifs (C(OH)–C–C–N with tert-alkyl or cyclic N) is 1. The van der Waals surface area contributed by atoms with E-state index in [1.165, 1.54) is 19.3 Å². The van der Waals surface area contributed by atoms with E-state index in [1.54, 1.807) is 16.9 Å². The molecule has 3 N–H and O–H groups in total. The molecule has 134 valence electrons. The molecule has 0 spiro atoms. The number of piperidine rings is 1. The number of carbonyl (C=O) groups is 1. The maximum Gasteiger partial charge on any atom is 0.320 e. The van der Waals surface area contributed by atoms with Crippen molar-refractivity contribution in [2.75, 3.05) is 31.5 Å². The average molecular weight is 343 g/mol. The molecular weight excluding hydrogens is 318 g/mol. The van der Waals surface area contributed by atoms with Gasteiger partial charge in [0, 0.05) is 25.4 Å². The fraction of sp³-hybridized carbons (Fsp3) is 0.444. The van der Waals surface area contributed by atoms with Gasteiger partial charge in [0.15, 0.2) is 5.82 Å². The number of aliphatic hydroxyl groups is 1. The Bertz CT molecular complexity index is 667. The number of aliphatic hydroxyl groups excluding tert-OH is 1. The number of benzene rings is 1. The Hall–Kier alpha value is -2.38. The van der Waals surface area contributed by atoms with Crippen molar-refractivity contribution in [3.63, 3.8) is 0 Å². The summed E-state index contributed by atoms with van der Waals surface area (Å²) in [6.07, 6.45) is 4.86. The lowest BCUT2D eigenvalue weighted by molar-refractivity contribution is 0.102. The van der Waals surface area contributed by atoms with Gasteiger partial charge in [-0.15, -0.1) is 5.10 Å². The first-order chi connectivity index (χ1) is 12.2. The zero-order valence-corrected chi connectivity index (χ0v) is 14.3. The second-order valence-electron chi connectivity index (χ2n) is 6.33. The number of carbonyl (C=O) groups excluding carboxylic acids is 1. The second kappa shape index (κ2) is 8.64. The van der Waals surface area contributed by atoms with E-state index in [9.17, 15) is 9.90 Å². The van der Waals surface area contributed by atoms with Crippen LogP contribution in [-0.2, 0) is 0 Å². The number of likely N-dealkylation sites (tertiary alicyclic amines) is 1. The van der Waals surface area contributed by atoms with Crippen LogP contribution in [0.5, 0.6) is 0 Å². The quantitative estimate of drug-likeness (QED) is 0.747. The summed E-state index contributed by atoms with van der Waals surface area (Å²) in [5, 5.41) is 19.8. The number of rotatable bonds is 6. The first-order valence-corrected chi connectivity index (χ1v) is 8.77. The normalized spacial score (nSPS) is 16.4. The van der Waals surface area contributed by atoms with Gasteiger partial charge in [0.2, 0.25) is 0 Å². The van der Waals surface area contributed by atoms with Crippen LogP contribution in [0.15, 0.2) is 42.6 Å². The van der Waals surface area contributed by atoms with Crippen molar-refractivity contribution in [2.24, 2.45) is 0 Å². The lowest BCUT2D eigenvalue weighted by Gasteiger charge is -2.28. The van der Waals surface area contributed by atoms with Crippen molar-refractivity contribution in [1.29, 1.82) is 0 Å². The smallest absolute Gasteiger partial charge is 0.320 e. The minimum atomic E-state index is -0.564. The van der Waals surface area contributed by atoms with Crippen LogP contribution in [0.4, 0.5) is 10.6 Å². The van der Waals surface area contributed by atoms with Gasteiger partial charge in [-0.3, -0.25) is 5.32 Å². The highest BCUT2D eigenvalue weighted by molar-refractivity contribution is 5.88. The lowest BCUT2D eigenvalue weighted by atomic mass is 10.1. The van der Waals surface area contributed by atoms with E-state index in [0.29, 0.717) is 12.4 Å². The summed E-state index contributed by atoms with van der Waals surface area (Å²) in [4.78, 5) is 14.2. The van der Waals surface area contributed by atoms with Crippen LogP contribution in [0.25, 0.3) is 5.69 Å². The summed E-state index contributed by atoms with van der Waals surface area (Å²) in [6.45, 7) is 2.88. The molecule has 1 fully saturated rings. The first kappa shape index (κ1) is 17.4. The Morgan fingerprint density at radius 1 is 1.16 bits per heavy atom. The van der Waals surface area contributed by atoms with E-state index in [-0.39, 0.29) is 12.6 Å². The van der Waals surface area contributed by atoms with E-state index in [0.717, 1.165) is 18.8 Å². The van der Waals surface area contributed by atoms with Crippen LogP contribution in [0.2, 0.25) is 0 Å². The third-order valence-electron chi connectivity index (χ3n) is 4.27. The van der Waals surface area contributed by atoms with Crippen LogP contribution in [0.3, 0.4) is 0 Å². The van der Waals surface area contributed by atoms with Crippen molar-refractivity contribution in [3.8, 4) is 5.69 Å². The number of anilines is 1. The van der Waals surface area contributed by atoms with E-state index >= 15 is 0 Å². The molecule has 25 heavy (non-hydrogen) atoms. The Kier molecular flexibility index (Phi) is 6.03. The van der Waals surface area contributed by atoms with Gasteiger partial charge in [-0.05, 0) is 38.1 Å². The molecule has 0 radical (unpaired) electrons. The standard InChI is InChI=1S/C18H25N5O2/c24-16(14-22-10-5-2-6-11-22)13-19-18(25)20-17-9-12-23(21-17)15-7-3-1-4-8-15/h1,3-4,7-9,12,16,24H,2,5-6,10-11,13-14H2,(H2,19,20,21,25). The zero-order valence-electron chi connectivity index (χ0n) is 14.3. The molecule has 7 heteroatoms. The molecule has 1 saturated heterocycles. The summed E-state index contributed by atoms with van der Waals surface area (Å²) >= 11 is 0. The number of hydrogen-bond donors (Lipinski definition) is 3. The summed E-state index contributed by atoms with van der Waals surface area (Å²) < 4.78 is 1.70. The van der Waals surface area contributed by atoms with Crippen LogP contribution < -0.4 is 10.6 Å². The van der Waals surface area contributed by atoms with E-state index in [4.69, 9.17) is 0 Å². The third kappa shape index (κ3) is 5.30. The molecule has 3 rings (SSSR count). The summed E-state index contributed by atoms with van der Waals surface area (Å²) in [7, 11) is 0.